The van der Waals surface area contributed by atoms with Crippen LogP contribution in [0, 0.1) is 0 Å². The van der Waals surface area contributed by atoms with Gasteiger partial charge in [-0.3, -0.25) is 14.3 Å². The molecule has 0 saturated heterocycles. The average molecular weight is 312 g/mol. The fraction of sp³-hybridized carbons (Fsp3) is 0.353. The number of aryl methyl sites for hydroxylation is 2. The third kappa shape index (κ3) is 2.97. The molecule has 1 atom stereocenters. The van der Waals surface area contributed by atoms with Crippen molar-refractivity contribution in [3.05, 3.63) is 47.3 Å². The molecule has 2 aromatic rings. The Labute approximate surface area is 134 Å². The van der Waals surface area contributed by atoms with Crippen LogP contribution in [0.15, 0.2) is 30.3 Å². The number of amides is 2. The second-order valence-electron chi connectivity index (χ2n) is 5.75. The summed E-state index contributed by atoms with van der Waals surface area (Å²) in [5, 5.41) is 10.1. The van der Waals surface area contributed by atoms with Crippen LogP contribution in [0.3, 0.4) is 0 Å². The summed E-state index contributed by atoms with van der Waals surface area (Å²) in [6.45, 7) is 2.04. The normalized spacial score (nSPS) is 17.2. The summed E-state index contributed by atoms with van der Waals surface area (Å²) in [6.07, 6.45) is 2.08. The minimum absolute atomic E-state index is 0.202. The van der Waals surface area contributed by atoms with Gasteiger partial charge in [0.2, 0.25) is 5.91 Å². The van der Waals surface area contributed by atoms with Gasteiger partial charge in [-0.25, -0.2) is 0 Å². The van der Waals surface area contributed by atoms with Crippen molar-refractivity contribution >= 4 is 17.5 Å². The zero-order valence-corrected chi connectivity index (χ0v) is 13.3. The summed E-state index contributed by atoms with van der Waals surface area (Å²) < 4.78 is 1.54. The second-order valence-corrected chi connectivity index (χ2v) is 5.75. The van der Waals surface area contributed by atoms with Crippen LogP contribution in [0.1, 0.15) is 35.1 Å². The topological polar surface area (TPSA) is 76.0 Å². The van der Waals surface area contributed by atoms with Gasteiger partial charge in [-0.05, 0) is 12.0 Å². The van der Waals surface area contributed by atoms with Gasteiger partial charge in [0.15, 0.2) is 0 Å². The Kier molecular flexibility index (Phi) is 4.14. The van der Waals surface area contributed by atoms with E-state index in [1.165, 1.54) is 0 Å². The number of rotatable bonds is 4. The molecule has 0 spiro atoms. The number of anilines is 1. The van der Waals surface area contributed by atoms with Crippen molar-refractivity contribution in [2.75, 3.05) is 5.32 Å². The molecule has 2 amide bonds. The lowest BCUT2D eigenvalue weighted by Crippen LogP contribution is -2.43. The van der Waals surface area contributed by atoms with Crippen LogP contribution in [-0.2, 0) is 24.7 Å². The highest BCUT2D eigenvalue weighted by Gasteiger charge is 2.32. The van der Waals surface area contributed by atoms with E-state index in [1.807, 2.05) is 37.3 Å². The van der Waals surface area contributed by atoms with Crippen molar-refractivity contribution < 1.29 is 9.59 Å². The summed E-state index contributed by atoms with van der Waals surface area (Å²) >= 11 is 0. The van der Waals surface area contributed by atoms with Gasteiger partial charge >= 0.3 is 0 Å². The van der Waals surface area contributed by atoms with E-state index in [-0.39, 0.29) is 11.8 Å². The lowest BCUT2D eigenvalue weighted by Gasteiger charge is -2.15. The van der Waals surface area contributed by atoms with Crippen LogP contribution in [0.2, 0.25) is 0 Å². The smallest absolute Gasteiger partial charge is 0.272 e. The molecule has 120 valence electrons. The minimum atomic E-state index is -0.591. The Morgan fingerprint density at radius 2 is 1.96 bits per heavy atom. The third-order valence-electron chi connectivity index (χ3n) is 3.97. The highest BCUT2D eigenvalue weighted by atomic mass is 16.2. The van der Waals surface area contributed by atoms with E-state index < -0.39 is 6.04 Å². The van der Waals surface area contributed by atoms with E-state index in [4.69, 9.17) is 0 Å². The van der Waals surface area contributed by atoms with E-state index in [0.29, 0.717) is 17.8 Å². The van der Waals surface area contributed by atoms with Crippen LogP contribution in [0.4, 0.5) is 5.69 Å². The van der Waals surface area contributed by atoms with Crippen molar-refractivity contribution in [3.8, 4) is 0 Å². The molecule has 6 heteroatoms. The molecule has 3 rings (SSSR count). The molecule has 1 aromatic heterocycles. The van der Waals surface area contributed by atoms with E-state index in [1.54, 1.807) is 11.7 Å². The van der Waals surface area contributed by atoms with Gasteiger partial charge in [0.05, 0.1) is 11.4 Å². The van der Waals surface area contributed by atoms with Gasteiger partial charge in [0, 0.05) is 13.5 Å². The lowest BCUT2D eigenvalue weighted by molar-refractivity contribution is -0.117. The number of fused-ring (bicyclic) bond motifs is 1. The first-order valence-corrected chi connectivity index (χ1v) is 7.81. The molecule has 6 nitrogen and oxygen atoms in total. The zero-order valence-electron chi connectivity index (χ0n) is 13.3. The summed E-state index contributed by atoms with van der Waals surface area (Å²) in [7, 11) is 1.72. The highest BCUT2D eigenvalue weighted by Crippen LogP contribution is 2.24. The Morgan fingerprint density at radius 1 is 1.22 bits per heavy atom. The fourth-order valence-electron chi connectivity index (χ4n) is 2.88. The molecule has 0 bridgehead atoms. The average Bonchev–Trinajstić information content (AvgIpc) is 2.76. The van der Waals surface area contributed by atoms with Crippen molar-refractivity contribution in [2.45, 2.75) is 32.2 Å². The predicted molar refractivity (Wildman–Crippen MR) is 87.2 cm³/mol. The van der Waals surface area contributed by atoms with Crippen molar-refractivity contribution in [1.29, 1.82) is 0 Å². The molecule has 2 N–H and O–H groups in total. The largest absolute Gasteiger partial charge is 0.338 e. The van der Waals surface area contributed by atoms with Crippen LogP contribution in [0.25, 0.3) is 0 Å². The van der Waals surface area contributed by atoms with Gasteiger partial charge in [-0.1, -0.05) is 43.7 Å². The first-order chi connectivity index (χ1) is 11.1. The molecule has 0 radical (unpaired) electrons. The maximum atomic E-state index is 12.5. The van der Waals surface area contributed by atoms with Crippen LogP contribution in [-0.4, -0.2) is 27.6 Å². The molecule has 0 aliphatic carbocycles. The summed E-state index contributed by atoms with van der Waals surface area (Å²) in [6, 6.07) is 9.07. The molecule has 0 saturated carbocycles. The maximum Gasteiger partial charge on any atom is 0.272 e. The van der Waals surface area contributed by atoms with Crippen LogP contribution < -0.4 is 10.6 Å². The first kappa shape index (κ1) is 15.3. The van der Waals surface area contributed by atoms with E-state index in [0.717, 1.165) is 24.1 Å². The van der Waals surface area contributed by atoms with Crippen molar-refractivity contribution in [3.63, 3.8) is 0 Å². The zero-order chi connectivity index (χ0) is 16.4. The monoisotopic (exact) mass is 312 g/mol. The number of carbonyl (C=O) groups is 2. The SMILES string of the molecule is CCCc1nn(C)c2c1NC(=O)C(Cc1ccccc1)NC2=O. The van der Waals surface area contributed by atoms with Gasteiger partial charge < -0.3 is 10.6 Å². The molecule has 2 heterocycles. The summed E-state index contributed by atoms with van der Waals surface area (Å²) in [5.41, 5.74) is 2.73. The number of carbonyl (C=O) groups excluding carboxylic acids is 2. The molecule has 23 heavy (non-hydrogen) atoms. The number of hydrogen-bond acceptors (Lipinski definition) is 3. The van der Waals surface area contributed by atoms with Crippen molar-refractivity contribution in [1.82, 2.24) is 15.1 Å². The molecule has 1 unspecified atom stereocenters. The first-order valence-electron chi connectivity index (χ1n) is 7.81. The minimum Gasteiger partial charge on any atom is -0.338 e. The third-order valence-corrected chi connectivity index (χ3v) is 3.97. The molecule has 1 aromatic carbocycles. The molecular formula is C17H20N4O2. The van der Waals surface area contributed by atoms with Crippen molar-refractivity contribution in [2.24, 2.45) is 7.05 Å². The molecule has 1 aliphatic heterocycles. The number of hydrogen-bond donors (Lipinski definition) is 2. The lowest BCUT2D eigenvalue weighted by atomic mass is 10.1. The standard InChI is InChI=1S/C17H20N4O2/c1-3-7-12-14-15(21(2)20-12)17(23)18-13(16(22)19-14)10-11-8-5-4-6-9-11/h4-6,8-9,13H,3,7,10H2,1-2H3,(H,18,23)(H,19,22). The van der Waals surface area contributed by atoms with Gasteiger partial charge in [0.25, 0.3) is 5.91 Å². The number of nitrogens with zero attached hydrogens (tertiary/aromatic N) is 2. The molecule has 1 aliphatic rings. The molecule has 0 fully saturated rings. The fourth-order valence-corrected chi connectivity index (χ4v) is 2.88. The Hall–Kier alpha value is -2.63. The van der Waals surface area contributed by atoms with Crippen LogP contribution in [0.5, 0.6) is 0 Å². The maximum absolute atomic E-state index is 12.5. The quantitative estimate of drug-likeness (QED) is 0.901. The van der Waals surface area contributed by atoms with E-state index in [9.17, 15) is 9.59 Å². The van der Waals surface area contributed by atoms with Crippen LogP contribution >= 0.6 is 0 Å². The number of benzene rings is 1. The van der Waals surface area contributed by atoms with Gasteiger partial charge in [0.1, 0.15) is 11.7 Å². The highest BCUT2D eigenvalue weighted by molar-refractivity contribution is 6.09. The van der Waals surface area contributed by atoms with E-state index in [2.05, 4.69) is 15.7 Å². The van der Waals surface area contributed by atoms with Gasteiger partial charge in [-0.2, -0.15) is 5.10 Å². The number of aromatic nitrogens is 2. The summed E-state index contributed by atoms with van der Waals surface area (Å²) in [4.78, 5) is 25.1. The Morgan fingerprint density at radius 3 is 2.65 bits per heavy atom. The second kappa shape index (κ2) is 6.24. The summed E-state index contributed by atoms with van der Waals surface area (Å²) in [5.74, 6) is -0.469. The molecular weight excluding hydrogens is 292 g/mol. The van der Waals surface area contributed by atoms with Gasteiger partial charge in [-0.15, -0.1) is 0 Å². The predicted octanol–water partition coefficient (Wildman–Crippen LogP) is 1.67. The van der Waals surface area contributed by atoms with E-state index >= 15 is 0 Å². The Balaban J connectivity index is 1.89. The Bertz CT molecular complexity index is 737. The number of nitrogens with one attached hydrogen (secondary N) is 2.